The summed E-state index contributed by atoms with van der Waals surface area (Å²) in [6.45, 7) is 5.79. The second-order valence-corrected chi connectivity index (χ2v) is 9.59. The topological polar surface area (TPSA) is 63.1 Å². The van der Waals surface area contributed by atoms with Gasteiger partial charge in [0.1, 0.15) is 5.82 Å². The number of thiazole rings is 1. The van der Waals surface area contributed by atoms with Gasteiger partial charge in [-0.05, 0) is 62.1 Å². The molecule has 6 nitrogen and oxygen atoms in total. The average Bonchev–Trinajstić information content (AvgIpc) is 3.36. The van der Waals surface area contributed by atoms with Gasteiger partial charge in [-0.3, -0.25) is 4.79 Å². The third kappa shape index (κ3) is 4.61. The summed E-state index contributed by atoms with van der Waals surface area (Å²) in [5.74, 6) is -0.308. The van der Waals surface area contributed by atoms with Gasteiger partial charge in [-0.25, -0.2) is 9.07 Å². The number of amides is 1. The van der Waals surface area contributed by atoms with Gasteiger partial charge in [-0.15, -0.1) is 0 Å². The van der Waals surface area contributed by atoms with E-state index in [2.05, 4.69) is 35.3 Å². The summed E-state index contributed by atoms with van der Waals surface area (Å²) in [5, 5.41) is 8.84. The molecule has 0 atom stereocenters. The van der Waals surface area contributed by atoms with Crippen molar-refractivity contribution >= 4 is 32.7 Å². The van der Waals surface area contributed by atoms with Crippen molar-refractivity contribution < 1.29 is 9.18 Å². The van der Waals surface area contributed by atoms with Crippen LogP contribution in [0.25, 0.3) is 16.0 Å². The first kappa shape index (κ1) is 21.6. The molecule has 0 aliphatic carbocycles. The Balaban J connectivity index is 1.23. The van der Waals surface area contributed by atoms with Crippen molar-refractivity contribution in [3.05, 3.63) is 71.2 Å². The lowest BCUT2D eigenvalue weighted by Crippen LogP contribution is -2.45. The fourth-order valence-electron chi connectivity index (χ4n) is 4.28. The van der Waals surface area contributed by atoms with Gasteiger partial charge in [0.2, 0.25) is 5.91 Å². The summed E-state index contributed by atoms with van der Waals surface area (Å²) < 4.78 is 16.1. The van der Waals surface area contributed by atoms with Crippen molar-refractivity contribution in [2.45, 2.75) is 39.2 Å². The van der Waals surface area contributed by atoms with Crippen LogP contribution in [0.3, 0.4) is 0 Å². The molecule has 1 aliphatic rings. The van der Waals surface area contributed by atoms with Crippen LogP contribution in [0, 0.1) is 19.7 Å². The second kappa shape index (κ2) is 8.94. The van der Waals surface area contributed by atoms with Crippen LogP contribution in [0.2, 0.25) is 0 Å². The Kier molecular flexibility index (Phi) is 5.85. The maximum atomic E-state index is 13.1. The van der Waals surface area contributed by atoms with E-state index in [-0.39, 0.29) is 24.2 Å². The minimum atomic E-state index is -0.289. The number of benzene rings is 2. The van der Waals surface area contributed by atoms with Crippen molar-refractivity contribution in [2.75, 3.05) is 18.0 Å². The van der Waals surface area contributed by atoms with Crippen LogP contribution < -0.4 is 10.2 Å². The van der Waals surface area contributed by atoms with Gasteiger partial charge in [0.25, 0.3) is 0 Å². The molecule has 2 aromatic heterocycles. The predicted molar refractivity (Wildman–Crippen MR) is 130 cm³/mol. The van der Waals surface area contributed by atoms with E-state index in [0.717, 1.165) is 58.4 Å². The van der Waals surface area contributed by atoms with Crippen molar-refractivity contribution in [1.82, 2.24) is 20.1 Å². The molecule has 0 bridgehead atoms. The number of anilines is 1. The van der Waals surface area contributed by atoms with E-state index in [9.17, 15) is 9.18 Å². The predicted octanol–water partition coefficient (Wildman–Crippen LogP) is 4.57. The van der Waals surface area contributed by atoms with E-state index >= 15 is 0 Å². The Hall–Kier alpha value is -3.26. The highest BCUT2D eigenvalue weighted by Gasteiger charge is 2.24. The molecule has 0 unspecified atom stereocenters. The smallest absolute Gasteiger partial charge is 0.224 e. The van der Waals surface area contributed by atoms with Crippen LogP contribution in [0.5, 0.6) is 0 Å². The van der Waals surface area contributed by atoms with Gasteiger partial charge in [0, 0.05) is 19.1 Å². The van der Waals surface area contributed by atoms with Gasteiger partial charge >= 0.3 is 0 Å². The third-order valence-corrected chi connectivity index (χ3v) is 7.25. The number of nitrogens with zero attached hydrogens (tertiary/aromatic N) is 4. The van der Waals surface area contributed by atoms with Crippen LogP contribution in [-0.2, 0) is 11.2 Å². The maximum absolute atomic E-state index is 13.1. The fraction of sp³-hybridized carbons (Fsp3) is 0.320. The minimum Gasteiger partial charge on any atom is -0.353 e. The number of halogens is 1. The summed E-state index contributed by atoms with van der Waals surface area (Å²) in [4.78, 5) is 19.6. The zero-order valence-electron chi connectivity index (χ0n) is 18.7. The first-order chi connectivity index (χ1) is 16.0. The molecule has 1 N–H and O–H groups in total. The number of hydrogen-bond donors (Lipinski definition) is 1. The first-order valence-electron chi connectivity index (χ1n) is 11.2. The maximum Gasteiger partial charge on any atom is 0.224 e. The van der Waals surface area contributed by atoms with Gasteiger partial charge < -0.3 is 10.2 Å². The Morgan fingerprint density at radius 2 is 1.91 bits per heavy atom. The molecule has 0 saturated carbocycles. The van der Waals surface area contributed by atoms with E-state index in [1.165, 1.54) is 17.7 Å². The molecule has 4 aromatic rings. The van der Waals surface area contributed by atoms with Crippen LogP contribution in [-0.4, -0.2) is 39.8 Å². The Bertz CT molecular complexity index is 1290. The molecule has 1 fully saturated rings. The standard InChI is InChI=1S/C25H26FN5OS/c1-16-4-3-5-21(14-16)31-24-23(17(2)29-31)33-25(28-24)30-12-10-20(11-13-30)27-22(32)15-18-6-8-19(26)9-7-18/h3-9,14,20H,10-13,15H2,1-2H3,(H,27,32). The normalized spacial score (nSPS) is 14.7. The number of fused-ring (bicyclic) bond motifs is 1. The molecule has 2 aromatic carbocycles. The lowest BCUT2D eigenvalue weighted by molar-refractivity contribution is -0.121. The van der Waals surface area contributed by atoms with Gasteiger partial charge in [0.15, 0.2) is 10.8 Å². The van der Waals surface area contributed by atoms with Crippen LogP contribution in [0.4, 0.5) is 9.52 Å². The number of carbonyl (C=O) groups excluding carboxylic acids is 1. The second-order valence-electron chi connectivity index (χ2n) is 8.62. The number of nitrogens with one attached hydrogen (secondary N) is 1. The summed E-state index contributed by atoms with van der Waals surface area (Å²) in [5.41, 5.74) is 4.91. The zero-order valence-corrected chi connectivity index (χ0v) is 19.5. The van der Waals surface area contributed by atoms with E-state index < -0.39 is 0 Å². The molecule has 1 amide bonds. The van der Waals surface area contributed by atoms with Crippen LogP contribution >= 0.6 is 11.3 Å². The largest absolute Gasteiger partial charge is 0.353 e. The molecule has 1 aliphatic heterocycles. The first-order valence-corrected chi connectivity index (χ1v) is 12.0. The number of aryl methyl sites for hydroxylation is 2. The number of piperidine rings is 1. The Labute approximate surface area is 196 Å². The van der Waals surface area contributed by atoms with Gasteiger partial charge in [-0.2, -0.15) is 10.1 Å². The molecule has 0 radical (unpaired) electrons. The van der Waals surface area contributed by atoms with Gasteiger partial charge in [-0.1, -0.05) is 35.6 Å². The molecule has 1 saturated heterocycles. The lowest BCUT2D eigenvalue weighted by Gasteiger charge is -2.32. The van der Waals surface area contributed by atoms with Crippen molar-refractivity contribution in [3.8, 4) is 5.69 Å². The Morgan fingerprint density at radius 3 is 2.64 bits per heavy atom. The molecule has 0 spiro atoms. The molecule has 8 heteroatoms. The zero-order chi connectivity index (χ0) is 22.9. The van der Waals surface area contributed by atoms with Crippen molar-refractivity contribution in [3.63, 3.8) is 0 Å². The highest BCUT2D eigenvalue weighted by molar-refractivity contribution is 7.22. The van der Waals surface area contributed by atoms with Crippen molar-refractivity contribution in [2.24, 2.45) is 0 Å². The quantitative estimate of drug-likeness (QED) is 0.471. The summed E-state index contributed by atoms with van der Waals surface area (Å²) in [7, 11) is 0. The summed E-state index contributed by atoms with van der Waals surface area (Å²) in [6, 6.07) is 14.5. The van der Waals surface area contributed by atoms with E-state index in [4.69, 9.17) is 10.1 Å². The molecule has 170 valence electrons. The van der Waals surface area contributed by atoms with Crippen molar-refractivity contribution in [1.29, 1.82) is 0 Å². The number of rotatable bonds is 5. The van der Waals surface area contributed by atoms with Crippen LogP contribution in [0.1, 0.15) is 29.7 Å². The van der Waals surface area contributed by atoms with Gasteiger partial charge in [0.05, 0.1) is 22.5 Å². The number of carbonyl (C=O) groups is 1. The Morgan fingerprint density at radius 1 is 1.15 bits per heavy atom. The molecular formula is C25H26FN5OS. The summed E-state index contributed by atoms with van der Waals surface area (Å²) >= 11 is 1.68. The molecular weight excluding hydrogens is 437 g/mol. The highest BCUT2D eigenvalue weighted by atomic mass is 32.1. The van der Waals surface area contributed by atoms with E-state index in [1.807, 2.05) is 17.7 Å². The lowest BCUT2D eigenvalue weighted by atomic mass is 10.0. The molecule has 5 rings (SSSR count). The number of aromatic nitrogens is 3. The monoisotopic (exact) mass is 463 g/mol. The van der Waals surface area contributed by atoms with E-state index in [0.29, 0.717) is 0 Å². The highest BCUT2D eigenvalue weighted by Crippen LogP contribution is 2.33. The fourth-order valence-corrected chi connectivity index (χ4v) is 5.32. The number of hydrogen-bond acceptors (Lipinski definition) is 5. The third-order valence-electron chi connectivity index (χ3n) is 6.03. The van der Waals surface area contributed by atoms with Crippen LogP contribution in [0.15, 0.2) is 48.5 Å². The van der Waals surface area contributed by atoms with E-state index in [1.54, 1.807) is 23.5 Å². The average molecular weight is 464 g/mol. The minimum absolute atomic E-state index is 0.0195. The molecule has 33 heavy (non-hydrogen) atoms. The SMILES string of the molecule is Cc1cccc(-n2nc(C)c3sc(N4CCC(NC(=O)Cc5ccc(F)cc5)CC4)nc32)c1. The molecule has 3 heterocycles. The summed E-state index contributed by atoms with van der Waals surface area (Å²) in [6.07, 6.45) is 2.01.